The molecular weight excluding hydrogens is 452 g/mol. The molecule has 2 aromatic rings. The summed E-state index contributed by atoms with van der Waals surface area (Å²) in [5.74, 6) is 0.129. The number of nitrogens with zero attached hydrogens (tertiary/aromatic N) is 1. The van der Waals surface area contributed by atoms with Crippen LogP contribution in [0.15, 0.2) is 54.6 Å². The van der Waals surface area contributed by atoms with Gasteiger partial charge in [0.15, 0.2) is 0 Å². The lowest BCUT2D eigenvalue weighted by atomic mass is 9.84. The first-order valence-electron chi connectivity index (χ1n) is 13.2. The predicted octanol–water partition coefficient (Wildman–Crippen LogP) is 2.75. The lowest BCUT2D eigenvalue weighted by Crippen LogP contribution is -2.54. The van der Waals surface area contributed by atoms with Crippen LogP contribution in [0.4, 0.5) is 0 Å². The average Bonchev–Trinajstić information content (AvgIpc) is 2.91. The van der Waals surface area contributed by atoms with Gasteiger partial charge < -0.3 is 21.5 Å². The number of aliphatic hydroxyl groups is 1. The van der Waals surface area contributed by atoms with Crippen molar-refractivity contribution in [3.8, 4) is 0 Å². The van der Waals surface area contributed by atoms with Gasteiger partial charge in [0, 0.05) is 26.1 Å². The Labute approximate surface area is 215 Å². The van der Waals surface area contributed by atoms with Crippen molar-refractivity contribution in [3.05, 3.63) is 71.3 Å². The third-order valence-electron chi connectivity index (χ3n) is 7.21. The first-order valence-corrected chi connectivity index (χ1v) is 13.2. The maximum absolute atomic E-state index is 13.6. The highest BCUT2D eigenvalue weighted by atomic mass is 16.3. The average molecular weight is 495 g/mol. The number of rotatable bonds is 13. The Bertz CT molecular complexity index is 929. The molecular formula is C29H42N4O3. The van der Waals surface area contributed by atoms with Crippen LogP contribution in [0.25, 0.3) is 0 Å². The van der Waals surface area contributed by atoms with Crippen LogP contribution in [-0.4, -0.2) is 54.1 Å². The predicted molar refractivity (Wildman–Crippen MR) is 143 cm³/mol. The molecule has 3 rings (SSSR count). The van der Waals surface area contributed by atoms with Crippen LogP contribution in [-0.2, 0) is 29.1 Å². The Morgan fingerprint density at radius 1 is 0.972 bits per heavy atom. The quantitative estimate of drug-likeness (QED) is 0.343. The number of hydrogen-bond donors (Lipinski definition) is 4. The zero-order chi connectivity index (χ0) is 25.8. The summed E-state index contributed by atoms with van der Waals surface area (Å²) < 4.78 is 0. The normalized spacial score (nSPS) is 15.9. The first kappa shape index (κ1) is 27.8. The smallest absolute Gasteiger partial charge is 0.243 e. The summed E-state index contributed by atoms with van der Waals surface area (Å²) in [5, 5.41) is 15.6. The number of nitrogens with two attached hydrogens (primary N) is 1. The summed E-state index contributed by atoms with van der Waals surface area (Å²) in [7, 11) is 1.88. The van der Waals surface area contributed by atoms with Crippen LogP contribution < -0.4 is 16.4 Å². The van der Waals surface area contributed by atoms with E-state index in [1.807, 2.05) is 66.5 Å². The van der Waals surface area contributed by atoms with Crippen LogP contribution in [0, 0.1) is 5.92 Å². The molecule has 196 valence electrons. The Hall–Kier alpha value is -2.74. The lowest BCUT2D eigenvalue weighted by Gasteiger charge is -2.32. The molecule has 0 heterocycles. The number of aliphatic hydroxyl groups excluding tert-OH is 1. The zero-order valence-electron chi connectivity index (χ0n) is 21.5. The second-order valence-corrected chi connectivity index (χ2v) is 9.95. The number of benzene rings is 2. The minimum Gasteiger partial charge on any atom is -0.395 e. The molecule has 2 aromatic carbocycles. The Morgan fingerprint density at radius 3 is 2.28 bits per heavy atom. The van der Waals surface area contributed by atoms with E-state index in [1.165, 1.54) is 19.3 Å². The summed E-state index contributed by atoms with van der Waals surface area (Å²) in [6.45, 7) is 1.26. The molecule has 1 fully saturated rings. The van der Waals surface area contributed by atoms with Crippen molar-refractivity contribution < 1.29 is 14.7 Å². The molecule has 1 saturated carbocycles. The van der Waals surface area contributed by atoms with E-state index in [-0.39, 0.29) is 24.5 Å². The Kier molecular flexibility index (Phi) is 11.4. The number of nitrogens with one attached hydrogen (secondary N) is 2. The van der Waals surface area contributed by atoms with Gasteiger partial charge in [-0.25, -0.2) is 0 Å². The van der Waals surface area contributed by atoms with Crippen molar-refractivity contribution in [2.24, 2.45) is 11.7 Å². The summed E-state index contributed by atoms with van der Waals surface area (Å²) in [6, 6.07) is 16.5. The van der Waals surface area contributed by atoms with E-state index in [0.29, 0.717) is 32.0 Å². The Balaban J connectivity index is 1.71. The number of carbonyl (C=O) groups excluding carboxylic acids is 2. The maximum atomic E-state index is 13.6. The molecule has 7 heteroatoms. The van der Waals surface area contributed by atoms with Gasteiger partial charge >= 0.3 is 0 Å². The minimum atomic E-state index is -0.695. The molecule has 0 radical (unpaired) electrons. The van der Waals surface area contributed by atoms with Gasteiger partial charge in [-0.05, 0) is 36.1 Å². The fourth-order valence-electron chi connectivity index (χ4n) is 4.97. The minimum absolute atomic E-state index is 0.0121. The van der Waals surface area contributed by atoms with E-state index in [2.05, 4.69) is 10.6 Å². The highest BCUT2D eigenvalue weighted by Gasteiger charge is 2.30. The molecule has 0 saturated heterocycles. The van der Waals surface area contributed by atoms with Crippen molar-refractivity contribution >= 4 is 11.8 Å². The second-order valence-electron chi connectivity index (χ2n) is 9.95. The lowest BCUT2D eigenvalue weighted by molar-refractivity contribution is -0.132. The monoisotopic (exact) mass is 494 g/mol. The summed E-state index contributed by atoms with van der Waals surface area (Å²) in [6.07, 6.45) is 7.08. The molecule has 0 spiro atoms. The number of hydrogen-bond acceptors (Lipinski definition) is 5. The van der Waals surface area contributed by atoms with E-state index < -0.39 is 6.04 Å². The number of likely N-dealkylation sites (N-methyl/N-ethyl adjacent to an activating group) is 1. The van der Waals surface area contributed by atoms with Gasteiger partial charge in [-0.3, -0.25) is 14.5 Å². The molecule has 2 atom stereocenters. The molecule has 36 heavy (non-hydrogen) atoms. The van der Waals surface area contributed by atoms with Gasteiger partial charge in [-0.15, -0.1) is 0 Å². The fraction of sp³-hybridized carbons (Fsp3) is 0.517. The maximum Gasteiger partial charge on any atom is 0.243 e. The molecule has 0 aliphatic heterocycles. The van der Waals surface area contributed by atoms with Gasteiger partial charge in [0.1, 0.15) is 6.04 Å². The van der Waals surface area contributed by atoms with Crippen molar-refractivity contribution in [1.29, 1.82) is 0 Å². The summed E-state index contributed by atoms with van der Waals surface area (Å²) in [5.41, 5.74) is 8.67. The molecule has 1 unspecified atom stereocenters. The van der Waals surface area contributed by atoms with Crippen LogP contribution in [0.5, 0.6) is 0 Å². The van der Waals surface area contributed by atoms with Crippen molar-refractivity contribution in [1.82, 2.24) is 15.5 Å². The molecule has 0 bridgehead atoms. The molecule has 5 N–H and O–H groups in total. The van der Waals surface area contributed by atoms with Crippen molar-refractivity contribution in [2.45, 2.75) is 70.1 Å². The second kappa shape index (κ2) is 14.7. The first-order chi connectivity index (χ1) is 17.5. The van der Waals surface area contributed by atoms with Crippen molar-refractivity contribution in [3.63, 3.8) is 0 Å². The third-order valence-corrected chi connectivity index (χ3v) is 7.21. The standard InChI is InChI=1S/C29H42N4O3/c1-33(16-17-34)27(19-23-10-6-3-7-11-23)29(36)32-26(18-22-8-4-2-5-9-22)28(35)31-21-25-14-12-24(20-30)13-15-25/h2,4-5,8-9,12-15,23,26-27,34H,3,6-7,10-11,16-21,30H2,1H3,(H,31,35)(H,32,36)/t26-,27?/m0/s1. The van der Waals surface area contributed by atoms with Gasteiger partial charge in [-0.2, -0.15) is 0 Å². The van der Waals surface area contributed by atoms with E-state index >= 15 is 0 Å². The van der Waals surface area contributed by atoms with Gasteiger partial charge in [0.25, 0.3) is 0 Å². The topological polar surface area (TPSA) is 108 Å². The zero-order valence-corrected chi connectivity index (χ0v) is 21.5. The van der Waals surface area contributed by atoms with E-state index in [9.17, 15) is 14.7 Å². The van der Waals surface area contributed by atoms with Crippen LogP contribution >= 0.6 is 0 Å². The molecule has 0 aromatic heterocycles. The highest BCUT2D eigenvalue weighted by Crippen LogP contribution is 2.28. The van der Waals surface area contributed by atoms with Crippen LogP contribution in [0.3, 0.4) is 0 Å². The van der Waals surface area contributed by atoms with E-state index in [1.54, 1.807) is 0 Å². The fourth-order valence-corrected chi connectivity index (χ4v) is 4.97. The summed E-state index contributed by atoms with van der Waals surface area (Å²) in [4.78, 5) is 28.8. The van der Waals surface area contributed by atoms with Crippen LogP contribution in [0.2, 0.25) is 0 Å². The molecule has 1 aliphatic rings. The van der Waals surface area contributed by atoms with Crippen molar-refractivity contribution in [2.75, 3.05) is 20.2 Å². The molecule has 1 aliphatic carbocycles. The third kappa shape index (κ3) is 8.73. The number of amides is 2. The molecule has 7 nitrogen and oxygen atoms in total. The summed E-state index contributed by atoms with van der Waals surface area (Å²) >= 11 is 0. The molecule has 2 amide bonds. The SMILES string of the molecule is CN(CCO)C(CC1CCCCC1)C(=O)N[C@@H](Cc1ccccc1)C(=O)NCc1ccc(CN)cc1. The van der Waals surface area contributed by atoms with E-state index in [4.69, 9.17) is 5.73 Å². The van der Waals surface area contributed by atoms with Crippen LogP contribution in [0.1, 0.15) is 55.2 Å². The van der Waals surface area contributed by atoms with Gasteiger partial charge in [0.2, 0.25) is 11.8 Å². The largest absolute Gasteiger partial charge is 0.395 e. The number of carbonyl (C=O) groups is 2. The van der Waals surface area contributed by atoms with Gasteiger partial charge in [-0.1, -0.05) is 86.7 Å². The van der Waals surface area contributed by atoms with Gasteiger partial charge in [0.05, 0.1) is 12.6 Å². The Morgan fingerprint density at radius 2 is 1.64 bits per heavy atom. The van der Waals surface area contributed by atoms with E-state index in [0.717, 1.165) is 36.0 Å². The highest BCUT2D eigenvalue weighted by molar-refractivity contribution is 5.90.